The largest absolute Gasteiger partial charge is 0.493 e. The van der Waals surface area contributed by atoms with Crippen molar-refractivity contribution < 1.29 is 14.3 Å². The van der Waals surface area contributed by atoms with E-state index in [1.807, 2.05) is 35.7 Å². The van der Waals surface area contributed by atoms with Gasteiger partial charge in [-0.3, -0.25) is 9.78 Å². The molecule has 0 atom stereocenters. The second kappa shape index (κ2) is 8.64. The summed E-state index contributed by atoms with van der Waals surface area (Å²) in [6, 6.07) is 9.48. The lowest BCUT2D eigenvalue weighted by Gasteiger charge is -2.16. The van der Waals surface area contributed by atoms with Gasteiger partial charge in [0.25, 0.3) is 0 Å². The second-order valence-corrected chi connectivity index (χ2v) is 6.86. The number of amides is 1. The Labute approximate surface area is 162 Å². The maximum absolute atomic E-state index is 12.5. The van der Waals surface area contributed by atoms with E-state index >= 15 is 0 Å². The SMILES string of the molecule is COc1ccc(-c2nc(CC(=O)N(C)Cc3cccnc3)cs2)cc1OC. The summed E-state index contributed by atoms with van der Waals surface area (Å²) in [5.74, 6) is 1.34. The molecule has 27 heavy (non-hydrogen) atoms. The fraction of sp³-hybridized carbons (Fsp3) is 0.250. The number of likely N-dealkylation sites (N-methyl/N-ethyl adjacent to an activating group) is 1. The first-order valence-electron chi connectivity index (χ1n) is 8.40. The van der Waals surface area contributed by atoms with Crippen molar-refractivity contribution in [3.63, 3.8) is 0 Å². The van der Waals surface area contributed by atoms with Gasteiger partial charge in [-0.05, 0) is 29.8 Å². The Balaban J connectivity index is 1.68. The highest BCUT2D eigenvalue weighted by Gasteiger charge is 2.14. The van der Waals surface area contributed by atoms with Gasteiger partial charge in [-0.15, -0.1) is 11.3 Å². The van der Waals surface area contributed by atoms with Gasteiger partial charge >= 0.3 is 0 Å². The lowest BCUT2D eigenvalue weighted by Crippen LogP contribution is -2.27. The minimum atomic E-state index is 0.0167. The molecule has 0 fully saturated rings. The Morgan fingerprint density at radius 3 is 2.70 bits per heavy atom. The van der Waals surface area contributed by atoms with Crippen LogP contribution in [0.2, 0.25) is 0 Å². The van der Waals surface area contributed by atoms with Crippen molar-refractivity contribution >= 4 is 17.2 Å². The van der Waals surface area contributed by atoms with E-state index in [4.69, 9.17) is 9.47 Å². The van der Waals surface area contributed by atoms with Crippen LogP contribution in [-0.2, 0) is 17.8 Å². The smallest absolute Gasteiger partial charge is 0.228 e. The first-order valence-corrected chi connectivity index (χ1v) is 9.28. The zero-order valence-corrected chi connectivity index (χ0v) is 16.3. The van der Waals surface area contributed by atoms with Crippen LogP contribution in [0.3, 0.4) is 0 Å². The van der Waals surface area contributed by atoms with Gasteiger partial charge in [0.05, 0.1) is 26.3 Å². The quantitative estimate of drug-likeness (QED) is 0.625. The average molecular weight is 383 g/mol. The normalized spacial score (nSPS) is 10.5. The summed E-state index contributed by atoms with van der Waals surface area (Å²) in [5.41, 5.74) is 2.69. The predicted octanol–water partition coefficient (Wildman–Crippen LogP) is 3.42. The van der Waals surface area contributed by atoms with Crippen LogP contribution in [0.5, 0.6) is 11.5 Å². The van der Waals surface area contributed by atoms with E-state index in [0.717, 1.165) is 21.8 Å². The highest BCUT2D eigenvalue weighted by Crippen LogP contribution is 2.33. The molecule has 0 bridgehead atoms. The molecule has 1 aromatic carbocycles. The zero-order chi connectivity index (χ0) is 19.2. The third-order valence-corrected chi connectivity index (χ3v) is 5.02. The van der Waals surface area contributed by atoms with E-state index in [1.165, 1.54) is 11.3 Å². The van der Waals surface area contributed by atoms with Gasteiger partial charge in [-0.25, -0.2) is 4.98 Å². The standard InChI is InChI=1S/C20H21N3O3S/c1-23(12-14-5-4-8-21-11-14)19(24)10-16-13-27-20(22-16)15-6-7-17(25-2)18(9-15)26-3/h4-9,11,13H,10,12H2,1-3H3. The van der Waals surface area contributed by atoms with Crippen LogP contribution in [-0.4, -0.2) is 42.0 Å². The molecule has 0 saturated carbocycles. The molecule has 6 nitrogen and oxygen atoms in total. The number of rotatable bonds is 7. The van der Waals surface area contributed by atoms with Crippen LogP contribution < -0.4 is 9.47 Å². The highest BCUT2D eigenvalue weighted by atomic mass is 32.1. The fourth-order valence-corrected chi connectivity index (χ4v) is 3.45. The van der Waals surface area contributed by atoms with Crippen molar-refractivity contribution in [2.45, 2.75) is 13.0 Å². The third-order valence-electron chi connectivity index (χ3n) is 4.08. The Morgan fingerprint density at radius 1 is 1.19 bits per heavy atom. The third kappa shape index (κ3) is 4.62. The van der Waals surface area contributed by atoms with E-state index in [2.05, 4.69) is 9.97 Å². The number of thiazole rings is 1. The number of ether oxygens (including phenoxy) is 2. The number of methoxy groups -OCH3 is 2. The molecule has 0 saturated heterocycles. The predicted molar refractivity (Wildman–Crippen MR) is 105 cm³/mol. The van der Waals surface area contributed by atoms with E-state index in [-0.39, 0.29) is 12.3 Å². The molecule has 0 aliphatic carbocycles. The summed E-state index contributed by atoms with van der Waals surface area (Å²) >= 11 is 1.50. The first-order chi connectivity index (χ1) is 13.1. The van der Waals surface area contributed by atoms with Gasteiger partial charge in [0.15, 0.2) is 11.5 Å². The maximum atomic E-state index is 12.5. The molecule has 0 unspecified atom stereocenters. The van der Waals surface area contributed by atoms with Crippen molar-refractivity contribution in [3.05, 3.63) is 59.4 Å². The van der Waals surface area contributed by atoms with Crippen LogP contribution in [0, 0.1) is 0 Å². The van der Waals surface area contributed by atoms with E-state index in [0.29, 0.717) is 18.0 Å². The number of pyridine rings is 1. The fourth-order valence-electron chi connectivity index (χ4n) is 2.63. The molecule has 3 rings (SSSR count). The number of aromatic nitrogens is 2. The maximum Gasteiger partial charge on any atom is 0.228 e. The minimum Gasteiger partial charge on any atom is -0.493 e. The van der Waals surface area contributed by atoms with Gasteiger partial charge in [0, 0.05) is 36.9 Å². The van der Waals surface area contributed by atoms with Crippen LogP contribution in [0.25, 0.3) is 10.6 Å². The molecule has 7 heteroatoms. The molecule has 0 aliphatic rings. The molecular weight excluding hydrogens is 362 g/mol. The summed E-state index contributed by atoms with van der Waals surface area (Å²) in [4.78, 5) is 22.8. The topological polar surface area (TPSA) is 64.5 Å². The van der Waals surface area contributed by atoms with E-state index in [1.54, 1.807) is 38.6 Å². The van der Waals surface area contributed by atoms with E-state index < -0.39 is 0 Å². The van der Waals surface area contributed by atoms with Crippen LogP contribution in [0.15, 0.2) is 48.1 Å². The molecule has 1 amide bonds. The van der Waals surface area contributed by atoms with Gasteiger partial charge in [0.1, 0.15) is 5.01 Å². The molecule has 0 N–H and O–H groups in total. The first kappa shape index (κ1) is 18.8. The van der Waals surface area contributed by atoms with Crippen molar-refractivity contribution in [1.29, 1.82) is 0 Å². The monoisotopic (exact) mass is 383 g/mol. The summed E-state index contributed by atoms with van der Waals surface area (Å²) < 4.78 is 10.6. The lowest BCUT2D eigenvalue weighted by molar-refractivity contribution is -0.129. The van der Waals surface area contributed by atoms with Gasteiger partial charge in [-0.1, -0.05) is 6.07 Å². The Kier molecular flexibility index (Phi) is 6.03. The minimum absolute atomic E-state index is 0.0167. The summed E-state index contributed by atoms with van der Waals surface area (Å²) in [5, 5.41) is 2.76. The molecule has 0 aliphatic heterocycles. The van der Waals surface area contributed by atoms with Crippen molar-refractivity contribution in [2.75, 3.05) is 21.3 Å². The van der Waals surface area contributed by atoms with Crippen LogP contribution in [0.4, 0.5) is 0 Å². The number of hydrogen-bond donors (Lipinski definition) is 0. The Hall–Kier alpha value is -2.93. The molecule has 0 spiro atoms. The van der Waals surface area contributed by atoms with Crippen molar-refractivity contribution in [1.82, 2.24) is 14.9 Å². The van der Waals surface area contributed by atoms with Crippen LogP contribution in [0.1, 0.15) is 11.3 Å². The van der Waals surface area contributed by atoms with Crippen molar-refractivity contribution in [2.24, 2.45) is 0 Å². The highest BCUT2D eigenvalue weighted by molar-refractivity contribution is 7.13. The molecule has 2 heterocycles. The lowest BCUT2D eigenvalue weighted by atomic mass is 10.2. The number of benzene rings is 1. The summed E-state index contributed by atoms with van der Waals surface area (Å²) in [7, 11) is 5.00. The van der Waals surface area contributed by atoms with Gasteiger partial charge in [-0.2, -0.15) is 0 Å². The summed E-state index contributed by atoms with van der Waals surface area (Å²) in [6.07, 6.45) is 3.75. The Morgan fingerprint density at radius 2 is 2.00 bits per heavy atom. The molecule has 3 aromatic rings. The molecule has 140 valence electrons. The Bertz CT molecular complexity index is 912. The van der Waals surface area contributed by atoms with Crippen LogP contribution >= 0.6 is 11.3 Å². The van der Waals surface area contributed by atoms with E-state index in [9.17, 15) is 4.79 Å². The molecular formula is C20H21N3O3S. The van der Waals surface area contributed by atoms with Crippen molar-refractivity contribution in [3.8, 4) is 22.1 Å². The number of nitrogens with zero attached hydrogens (tertiary/aromatic N) is 3. The summed E-state index contributed by atoms with van der Waals surface area (Å²) in [6.45, 7) is 0.527. The molecule has 2 aromatic heterocycles. The average Bonchev–Trinajstić information content (AvgIpc) is 3.16. The van der Waals surface area contributed by atoms with Gasteiger partial charge in [0.2, 0.25) is 5.91 Å². The zero-order valence-electron chi connectivity index (χ0n) is 15.5. The number of carbonyl (C=O) groups is 1. The number of carbonyl (C=O) groups excluding carboxylic acids is 1. The second-order valence-electron chi connectivity index (χ2n) is 6.00. The van der Waals surface area contributed by atoms with Gasteiger partial charge < -0.3 is 14.4 Å². The number of hydrogen-bond acceptors (Lipinski definition) is 6. The molecule has 0 radical (unpaired) electrons.